The van der Waals surface area contributed by atoms with Gasteiger partial charge in [-0.05, 0) is 24.1 Å². The molecule has 0 aliphatic heterocycles. The average Bonchev–Trinajstić information content (AvgIpc) is 2.55. The van der Waals surface area contributed by atoms with Crippen LogP contribution in [0.1, 0.15) is 22.3 Å². The number of nitrogens with one attached hydrogen (secondary N) is 1. The second kappa shape index (κ2) is 8.19. The number of nitrogens with two attached hydrogens (primary N) is 1. The summed E-state index contributed by atoms with van der Waals surface area (Å²) >= 11 is 0. The molecule has 5 heteroatoms. The molecule has 0 saturated heterocycles. The van der Waals surface area contributed by atoms with E-state index in [4.69, 9.17) is 5.73 Å². The SMILES string of the molecule is NC(=O)C[C@H](Cc1ccc(F)cc1)NCC(=O)c1ccccc1. The van der Waals surface area contributed by atoms with E-state index in [0.717, 1.165) is 5.56 Å². The van der Waals surface area contributed by atoms with Crippen LogP contribution >= 0.6 is 0 Å². The van der Waals surface area contributed by atoms with Gasteiger partial charge in [-0.2, -0.15) is 0 Å². The number of carbonyl (C=O) groups is 2. The van der Waals surface area contributed by atoms with Crippen molar-refractivity contribution in [3.63, 3.8) is 0 Å². The number of amides is 1. The van der Waals surface area contributed by atoms with E-state index < -0.39 is 5.91 Å². The Kier molecular flexibility index (Phi) is 6.00. The predicted octanol–water partition coefficient (Wildman–Crippen LogP) is 2.08. The summed E-state index contributed by atoms with van der Waals surface area (Å²) in [6, 6.07) is 14.7. The second-order valence-electron chi connectivity index (χ2n) is 5.37. The van der Waals surface area contributed by atoms with Gasteiger partial charge in [-0.1, -0.05) is 42.5 Å². The van der Waals surface area contributed by atoms with E-state index in [9.17, 15) is 14.0 Å². The zero-order valence-electron chi connectivity index (χ0n) is 12.7. The lowest BCUT2D eigenvalue weighted by molar-refractivity contribution is -0.118. The van der Waals surface area contributed by atoms with Crippen molar-refractivity contribution in [1.29, 1.82) is 0 Å². The molecule has 0 unspecified atom stereocenters. The summed E-state index contributed by atoms with van der Waals surface area (Å²) in [5, 5.41) is 3.07. The minimum absolute atomic E-state index is 0.0563. The molecule has 0 fully saturated rings. The van der Waals surface area contributed by atoms with E-state index in [-0.39, 0.29) is 30.6 Å². The average molecular weight is 314 g/mol. The fraction of sp³-hybridized carbons (Fsp3) is 0.222. The molecular weight excluding hydrogens is 295 g/mol. The molecule has 2 aromatic rings. The minimum atomic E-state index is -0.447. The fourth-order valence-electron chi connectivity index (χ4n) is 2.33. The van der Waals surface area contributed by atoms with Gasteiger partial charge >= 0.3 is 0 Å². The maximum absolute atomic E-state index is 12.9. The van der Waals surface area contributed by atoms with Gasteiger partial charge in [-0.15, -0.1) is 0 Å². The van der Waals surface area contributed by atoms with Crippen molar-refractivity contribution in [3.05, 3.63) is 71.5 Å². The maximum Gasteiger partial charge on any atom is 0.218 e. The van der Waals surface area contributed by atoms with Crippen LogP contribution in [0.4, 0.5) is 4.39 Å². The minimum Gasteiger partial charge on any atom is -0.370 e. The van der Waals surface area contributed by atoms with Gasteiger partial charge in [0.25, 0.3) is 0 Å². The Morgan fingerprint density at radius 2 is 1.70 bits per heavy atom. The first-order valence-corrected chi connectivity index (χ1v) is 7.39. The van der Waals surface area contributed by atoms with E-state index in [1.165, 1.54) is 12.1 Å². The molecule has 0 aromatic heterocycles. The Balaban J connectivity index is 1.96. The standard InChI is InChI=1S/C18H19FN2O2/c19-15-8-6-13(7-9-15)10-16(11-18(20)23)21-12-17(22)14-4-2-1-3-5-14/h1-9,16,21H,10-12H2,(H2,20,23)/t16-/m0/s1. The summed E-state index contributed by atoms with van der Waals surface area (Å²) in [5.74, 6) is -0.816. The van der Waals surface area contributed by atoms with E-state index in [1.807, 2.05) is 6.07 Å². The number of Topliss-reactive ketones (excluding diaryl/α,β-unsaturated/α-hetero) is 1. The van der Waals surface area contributed by atoms with Gasteiger partial charge in [0.15, 0.2) is 5.78 Å². The van der Waals surface area contributed by atoms with Gasteiger partial charge in [-0.3, -0.25) is 9.59 Å². The Morgan fingerprint density at radius 1 is 1.04 bits per heavy atom. The Hall–Kier alpha value is -2.53. The number of rotatable bonds is 8. The molecule has 0 heterocycles. The van der Waals surface area contributed by atoms with Crippen LogP contribution < -0.4 is 11.1 Å². The molecular formula is C18H19FN2O2. The van der Waals surface area contributed by atoms with Crippen LogP contribution in [0.2, 0.25) is 0 Å². The number of halogens is 1. The smallest absolute Gasteiger partial charge is 0.218 e. The molecule has 0 aliphatic rings. The Labute approximate surface area is 134 Å². The zero-order valence-corrected chi connectivity index (χ0v) is 12.7. The van der Waals surface area contributed by atoms with Gasteiger partial charge in [-0.25, -0.2) is 4.39 Å². The highest BCUT2D eigenvalue weighted by atomic mass is 19.1. The third-order valence-electron chi connectivity index (χ3n) is 3.49. The summed E-state index contributed by atoms with van der Waals surface area (Å²) in [4.78, 5) is 23.3. The van der Waals surface area contributed by atoms with Crippen molar-refractivity contribution in [1.82, 2.24) is 5.32 Å². The molecule has 3 N–H and O–H groups in total. The number of primary amides is 1. The number of benzene rings is 2. The van der Waals surface area contributed by atoms with Crippen LogP contribution in [0.15, 0.2) is 54.6 Å². The van der Waals surface area contributed by atoms with Crippen molar-refractivity contribution in [3.8, 4) is 0 Å². The third kappa shape index (κ3) is 5.64. The van der Waals surface area contributed by atoms with Crippen molar-refractivity contribution in [2.75, 3.05) is 6.54 Å². The van der Waals surface area contributed by atoms with Gasteiger partial charge in [0.1, 0.15) is 5.82 Å². The molecule has 4 nitrogen and oxygen atoms in total. The highest BCUT2D eigenvalue weighted by Crippen LogP contribution is 2.08. The summed E-state index contributed by atoms with van der Waals surface area (Å²) in [7, 11) is 0. The molecule has 2 aromatic carbocycles. The summed E-state index contributed by atoms with van der Waals surface area (Å²) < 4.78 is 12.9. The zero-order chi connectivity index (χ0) is 16.7. The number of hydrogen-bond donors (Lipinski definition) is 2. The first-order chi connectivity index (χ1) is 11.0. The Bertz CT molecular complexity index is 656. The molecule has 120 valence electrons. The molecule has 1 atom stereocenters. The molecule has 2 rings (SSSR count). The van der Waals surface area contributed by atoms with Gasteiger partial charge in [0.2, 0.25) is 5.91 Å². The van der Waals surface area contributed by atoms with Crippen LogP contribution in [-0.4, -0.2) is 24.3 Å². The van der Waals surface area contributed by atoms with Crippen molar-refractivity contribution in [2.24, 2.45) is 5.73 Å². The van der Waals surface area contributed by atoms with Gasteiger partial charge in [0.05, 0.1) is 6.54 Å². The monoisotopic (exact) mass is 314 g/mol. The van der Waals surface area contributed by atoms with Crippen LogP contribution in [0.3, 0.4) is 0 Å². The number of carbonyl (C=O) groups excluding carboxylic acids is 2. The van der Waals surface area contributed by atoms with Crippen LogP contribution in [-0.2, 0) is 11.2 Å². The maximum atomic E-state index is 12.9. The summed E-state index contributed by atoms with van der Waals surface area (Å²) in [5.41, 5.74) is 6.75. The second-order valence-corrected chi connectivity index (χ2v) is 5.37. The summed E-state index contributed by atoms with van der Waals surface area (Å²) in [6.07, 6.45) is 0.602. The van der Waals surface area contributed by atoms with E-state index >= 15 is 0 Å². The van der Waals surface area contributed by atoms with Crippen molar-refractivity contribution < 1.29 is 14.0 Å². The van der Waals surface area contributed by atoms with Crippen LogP contribution in [0.25, 0.3) is 0 Å². The van der Waals surface area contributed by atoms with E-state index in [0.29, 0.717) is 12.0 Å². The first-order valence-electron chi connectivity index (χ1n) is 7.39. The molecule has 0 aliphatic carbocycles. The highest BCUT2D eigenvalue weighted by molar-refractivity contribution is 5.97. The van der Waals surface area contributed by atoms with Crippen LogP contribution in [0.5, 0.6) is 0 Å². The lowest BCUT2D eigenvalue weighted by Gasteiger charge is -2.17. The Morgan fingerprint density at radius 3 is 2.30 bits per heavy atom. The molecule has 0 bridgehead atoms. The molecule has 0 spiro atoms. The highest BCUT2D eigenvalue weighted by Gasteiger charge is 2.15. The quantitative estimate of drug-likeness (QED) is 0.733. The lowest BCUT2D eigenvalue weighted by atomic mass is 10.0. The van der Waals surface area contributed by atoms with E-state index in [1.54, 1.807) is 36.4 Å². The van der Waals surface area contributed by atoms with E-state index in [2.05, 4.69) is 5.32 Å². The number of ketones is 1. The van der Waals surface area contributed by atoms with Crippen molar-refractivity contribution in [2.45, 2.75) is 18.9 Å². The normalized spacial score (nSPS) is 11.9. The topological polar surface area (TPSA) is 72.2 Å². The van der Waals surface area contributed by atoms with Crippen molar-refractivity contribution >= 4 is 11.7 Å². The number of hydrogen-bond acceptors (Lipinski definition) is 3. The molecule has 23 heavy (non-hydrogen) atoms. The summed E-state index contributed by atoms with van der Waals surface area (Å²) in [6.45, 7) is 0.114. The lowest BCUT2D eigenvalue weighted by Crippen LogP contribution is -2.38. The molecule has 1 amide bonds. The third-order valence-corrected chi connectivity index (χ3v) is 3.49. The van der Waals surface area contributed by atoms with Gasteiger partial charge in [0, 0.05) is 18.0 Å². The fourth-order valence-corrected chi connectivity index (χ4v) is 2.33. The first kappa shape index (κ1) is 16.8. The molecule has 0 radical (unpaired) electrons. The largest absolute Gasteiger partial charge is 0.370 e. The predicted molar refractivity (Wildman–Crippen MR) is 86.5 cm³/mol. The molecule has 0 saturated carbocycles. The van der Waals surface area contributed by atoms with Crippen LogP contribution in [0, 0.1) is 5.82 Å². The van der Waals surface area contributed by atoms with Gasteiger partial charge < -0.3 is 11.1 Å².